The van der Waals surface area contributed by atoms with Gasteiger partial charge < -0.3 is 9.84 Å². The molecule has 0 fully saturated rings. The molecule has 0 spiro atoms. The number of nitrogens with zero attached hydrogens (tertiary/aromatic N) is 2. The Morgan fingerprint density at radius 1 is 1.05 bits per heavy atom. The predicted molar refractivity (Wildman–Crippen MR) is 80.1 cm³/mol. The van der Waals surface area contributed by atoms with Crippen molar-refractivity contribution in [2.75, 3.05) is 5.32 Å². The third-order valence-electron chi connectivity index (χ3n) is 3.76. The van der Waals surface area contributed by atoms with E-state index in [0.29, 0.717) is 12.3 Å². The Balaban J connectivity index is 1.51. The molecular weight excluding hydrogens is 262 g/mol. The van der Waals surface area contributed by atoms with Crippen molar-refractivity contribution in [2.45, 2.75) is 18.9 Å². The molecule has 21 heavy (non-hydrogen) atoms. The molecule has 2 heterocycles. The molecule has 4 nitrogen and oxygen atoms in total. The van der Waals surface area contributed by atoms with Gasteiger partial charge in [-0.25, -0.2) is 0 Å². The lowest BCUT2D eigenvalue weighted by atomic mass is 10.1. The summed E-state index contributed by atoms with van der Waals surface area (Å²) < 4.78 is 5.43. The summed E-state index contributed by atoms with van der Waals surface area (Å²) >= 11 is 0. The molecule has 1 atom stereocenters. The normalized spacial score (nSPS) is 16.5. The predicted octanol–water partition coefficient (Wildman–Crippen LogP) is 3.37. The number of fused-ring (bicyclic) bond motifs is 1. The zero-order valence-corrected chi connectivity index (χ0v) is 11.5. The Bertz CT molecular complexity index is 726. The fourth-order valence-electron chi connectivity index (χ4n) is 2.71. The van der Waals surface area contributed by atoms with Crippen molar-refractivity contribution in [2.24, 2.45) is 0 Å². The van der Waals surface area contributed by atoms with Gasteiger partial charge in [-0.3, -0.25) is 0 Å². The van der Waals surface area contributed by atoms with E-state index in [1.165, 1.54) is 11.1 Å². The van der Waals surface area contributed by atoms with Gasteiger partial charge in [0.25, 0.3) is 0 Å². The van der Waals surface area contributed by atoms with E-state index < -0.39 is 0 Å². The average Bonchev–Trinajstić information content (AvgIpc) is 3.14. The van der Waals surface area contributed by atoms with Crippen molar-refractivity contribution in [1.82, 2.24) is 10.1 Å². The second kappa shape index (κ2) is 5.05. The molecular formula is C17H15N3O. The number of anilines is 1. The summed E-state index contributed by atoms with van der Waals surface area (Å²) in [6.45, 7) is 0. The summed E-state index contributed by atoms with van der Waals surface area (Å²) in [6, 6.07) is 18.6. The molecule has 2 aromatic carbocycles. The monoisotopic (exact) mass is 277 g/mol. The maximum atomic E-state index is 5.43. The van der Waals surface area contributed by atoms with Crippen molar-refractivity contribution in [1.29, 1.82) is 0 Å². The standard InChI is InChI=1S/C17H15N3O/c1-2-6-12(7-3-1)10-16-19-17(21-20-16)15-11-13-8-4-5-9-14(13)18-15/h1-9,15,18H,10-11H2/t15-/m0/s1. The number of benzene rings is 2. The minimum atomic E-state index is 0.0828. The lowest BCUT2D eigenvalue weighted by Crippen LogP contribution is -2.06. The molecule has 104 valence electrons. The topological polar surface area (TPSA) is 51.0 Å². The van der Waals surface area contributed by atoms with Crippen LogP contribution in [-0.2, 0) is 12.8 Å². The number of rotatable bonds is 3. The SMILES string of the molecule is c1ccc(Cc2noc([C@@H]3Cc4ccccc4N3)n2)cc1. The maximum absolute atomic E-state index is 5.43. The van der Waals surface area contributed by atoms with Gasteiger partial charge in [0.15, 0.2) is 5.82 Å². The molecule has 1 aliphatic heterocycles. The number of hydrogen-bond acceptors (Lipinski definition) is 4. The van der Waals surface area contributed by atoms with Gasteiger partial charge in [-0.2, -0.15) is 4.98 Å². The van der Waals surface area contributed by atoms with Crippen molar-refractivity contribution in [3.05, 3.63) is 77.4 Å². The van der Waals surface area contributed by atoms with E-state index >= 15 is 0 Å². The Morgan fingerprint density at radius 2 is 1.86 bits per heavy atom. The van der Waals surface area contributed by atoms with Gasteiger partial charge >= 0.3 is 0 Å². The minimum Gasteiger partial charge on any atom is -0.373 e. The van der Waals surface area contributed by atoms with Crippen LogP contribution in [0.5, 0.6) is 0 Å². The van der Waals surface area contributed by atoms with E-state index in [1.807, 2.05) is 24.3 Å². The molecule has 0 aliphatic carbocycles. The lowest BCUT2D eigenvalue weighted by molar-refractivity contribution is 0.360. The molecule has 4 rings (SSSR count). The van der Waals surface area contributed by atoms with Crippen molar-refractivity contribution >= 4 is 5.69 Å². The van der Waals surface area contributed by atoms with Crippen molar-refractivity contribution in [3.8, 4) is 0 Å². The molecule has 1 N–H and O–H groups in total. The van der Waals surface area contributed by atoms with Gasteiger partial charge in [-0.1, -0.05) is 53.7 Å². The fourth-order valence-corrected chi connectivity index (χ4v) is 2.71. The van der Waals surface area contributed by atoms with Gasteiger partial charge in [-0.05, 0) is 17.2 Å². The number of nitrogens with one attached hydrogen (secondary N) is 1. The van der Waals surface area contributed by atoms with Crippen LogP contribution in [0.3, 0.4) is 0 Å². The fraction of sp³-hybridized carbons (Fsp3) is 0.176. The first-order chi connectivity index (χ1) is 10.4. The van der Waals surface area contributed by atoms with E-state index in [1.54, 1.807) is 0 Å². The smallest absolute Gasteiger partial charge is 0.249 e. The lowest BCUT2D eigenvalue weighted by Gasteiger charge is -2.04. The van der Waals surface area contributed by atoms with Crippen LogP contribution in [0.4, 0.5) is 5.69 Å². The molecule has 0 saturated heterocycles. The minimum absolute atomic E-state index is 0.0828. The number of para-hydroxylation sites is 1. The van der Waals surface area contributed by atoms with Crippen LogP contribution < -0.4 is 5.32 Å². The van der Waals surface area contributed by atoms with Crippen LogP contribution in [0.1, 0.15) is 28.9 Å². The van der Waals surface area contributed by atoms with Crippen LogP contribution >= 0.6 is 0 Å². The highest BCUT2D eigenvalue weighted by Crippen LogP contribution is 2.33. The Hall–Kier alpha value is -2.62. The molecule has 0 radical (unpaired) electrons. The van der Waals surface area contributed by atoms with E-state index in [-0.39, 0.29) is 6.04 Å². The van der Waals surface area contributed by atoms with Gasteiger partial charge in [-0.15, -0.1) is 0 Å². The largest absolute Gasteiger partial charge is 0.373 e. The van der Waals surface area contributed by atoms with Gasteiger partial charge in [0, 0.05) is 18.5 Å². The summed E-state index contributed by atoms with van der Waals surface area (Å²) in [7, 11) is 0. The summed E-state index contributed by atoms with van der Waals surface area (Å²) in [5.74, 6) is 1.39. The van der Waals surface area contributed by atoms with E-state index in [2.05, 4.69) is 45.8 Å². The van der Waals surface area contributed by atoms with Gasteiger partial charge in [0.1, 0.15) is 6.04 Å². The molecule has 0 bridgehead atoms. The summed E-state index contributed by atoms with van der Waals surface area (Å²) in [4.78, 5) is 4.53. The van der Waals surface area contributed by atoms with Crippen LogP contribution in [0.25, 0.3) is 0 Å². The summed E-state index contributed by atoms with van der Waals surface area (Å²) in [5, 5.41) is 7.52. The molecule has 0 saturated carbocycles. The van der Waals surface area contributed by atoms with Crippen LogP contribution in [-0.4, -0.2) is 10.1 Å². The Kier molecular flexibility index (Phi) is 2.92. The van der Waals surface area contributed by atoms with Crippen LogP contribution in [0.2, 0.25) is 0 Å². The molecule has 0 unspecified atom stereocenters. The van der Waals surface area contributed by atoms with Crippen molar-refractivity contribution < 1.29 is 4.52 Å². The third-order valence-corrected chi connectivity index (χ3v) is 3.76. The van der Waals surface area contributed by atoms with E-state index in [9.17, 15) is 0 Å². The molecule has 3 aromatic rings. The van der Waals surface area contributed by atoms with Crippen LogP contribution in [0.15, 0.2) is 59.1 Å². The average molecular weight is 277 g/mol. The van der Waals surface area contributed by atoms with Gasteiger partial charge in [0.05, 0.1) is 0 Å². The highest BCUT2D eigenvalue weighted by molar-refractivity contribution is 5.56. The highest BCUT2D eigenvalue weighted by Gasteiger charge is 2.26. The molecule has 4 heteroatoms. The second-order valence-corrected chi connectivity index (χ2v) is 5.27. The molecule has 1 aromatic heterocycles. The first-order valence-electron chi connectivity index (χ1n) is 7.09. The number of aromatic nitrogens is 2. The van der Waals surface area contributed by atoms with Crippen molar-refractivity contribution in [3.63, 3.8) is 0 Å². The summed E-state index contributed by atoms with van der Waals surface area (Å²) in [5.41, 5.74) is 3.64. The van der Waals surface area contributed by atoms with E-state index in [0.717, 1.165) is 17.9 Å². The first kappa shape index (κ1) is 12.1. The van der Waals surface area contributed by atoms with E-state index in [4.69, 9.17) is 4.52 Å². The quantitative estimate of drug-likeness (QED) is 0.797. The number of hydrogen-bond donors (Lipinski definition) is 1. The highest BCUT2D eigenvalue weighted by atomic mass is 16.5. The Labute approximate surface area is 122 Å². The zero-order valence-electron chi connectivity index (χ0n) is 11.5. The van der Waals surface area contributed by atoms with Gasteiger partial charge in [0.2, 0.25) is 5.89 Å². The maximum Gasteiger partial charge on any atom is 0.249 e. The Morgan fingerprint density at radius 3 is 2.71 bits per heavy atom. The first-order valence-corrected chi connectivity index (χ1v) is 7.09. The molecule has 0 amide bonds. The zero-order chi connectivity index (χ0) is 14.1. The third kappa shape index (κ3) is 2.40. The van der Waals surface area contributed by atoms with Crippen LogP contribution in [0, 0.1) is 0 Å². The summed E-state index contributed by atoms with van der Waals surface area (Å²) in [6.07, 6.45) is 1.59. The molecule has 1 aliphatic rings. The second-order valence-electron chi connectivity index (χ2n) is 5.27.